The molecule has 318 valence electrons. The summed E-state index contributed by atoms with van der Waals surface area (Å²) in [5.41, 5.74) is 10.8. The molecule has 61 heavy (non-hydrogen) atoms. The second-order valence-electron chi connectivity index (χ2n) is 13.2. The summed E-state index contributed by atoms with van der Waals surface area (Å²) >= 11 is 24.2. The molecule has 0 bridgehead atoms. The van der Waals surface area contributed by atoms with Gasteiger partial charge in [0.05, 0.1) is 16.1 Å². The van der Waals surface area contributed by atoms with Crippen molar-refractivity contribution in [2.24, 2.45) is 19.8 Å². The molecule has 0 saturated heterocycles. The van der Waals surface area contributed by atoms with Gasteiger partial charge in [0.15, 0.2) is 13.2 Å². The molecule has 5 aromatic rings. The lowest BCUT2D eigenvalue weighted by Gasteiger charge is -2.13. The molecule has 2 aromatic carbocycles. The van der Waals surface area contributed by atoms with E-state index in [1.807, 2.05) is 0 Å². The molecule has 2 aliphatic carbocycles. The number of nitrogens with two attached hydrogens (primary N) is 1. The highest BCUT2D eigenvalue weighted by Gasteiger charge is 2.35. The van der Waals surface area contributed by atoms with Gasteiger partial charge in [0, 0.05) is 55.0 Å². The standard InChI is InChI=1S/C19H16Cl2FN3O3.C15H14Cl2FN3O.C7H6N2O2/c1-3-8-28-19(27)24-14-7-5-11-15(14)17(21)25(2)16(11)18(26)23-10-4-6-13(22)12(20)9-10;1-21-13(8-3-5-11(19)12(8)14(21)17)15(22)20-7-2-4-10(18)9(16)6-7;1-2-5-11-7(10)9-4-3-8-6-9/h1,4,6,9,14H,5,7-8H2,2H3,(H,23,26)(H,24,27);2,4,6,11H,3,5,19H2,1H3,(H,20,22);1,3-4,6H,5H2. The topological polar surface area (TPSA) is 177 Å². The Morgan fingerprint density at radius 3 is 1.84 bits per heavy atom. The van der Waals surface area contributed by atoms with E-state index in [1.54, 1.807) is 23.2 Å². The quantitative estimate of drug-likeness (QED) is 0.118. The lowest BCUT2D eigenvalue weighted by Crippen LogP contribution is -2.28. The van der Waals surface area contributed by atoms with Crippen LogP contribution >= 0.6 is 46.4 Å². The summed E-state index contributed by atoms with van der Waals surface area (Å²) in [6, 6.07) is 7.40. The zero-order valence-corrected chi connectivity index (χ0v) is 35.4. The number of rotatable bonds is 7. The van der Waals surface area contributed by atoms with Gasteiger partial charge in [-0.25, -0.2) is 27.9 Å². The van der Waals surface area contributed by atoms with E-state index >= 15 is 0 Å². The van der Waals surface area contributed by atoms with Crippen molar-refractivity contribution in [3.05, 3.63) is 121 Å². The van der Waals surface area contributed by atoms with E-state index in [9.17, 15) is 28.0 Å². The number of terminal acetylenes is 2. The average Bonchev–Trinajstić information content (AvgIpc) is 4.06. The van der Waals surface area contributed by atoms with Crippen LogP contribution in [0.15, 0.2) is 55.1 Å². The number of fused-ring (bicyclic) bond motifs is 2. The SMILES string of the molecule is C#CCOC(=O)NC1CCc2c1c(Cl)n(C)c2C(=O)Nc1ccc(F)c(Cl)c1.C#CCOC(=O)n1ccnc1.Cn1c(Cl)c2c(c1C(=O)Nc1ccc(F)c(Cl)c1)CCC2N. The first-order chi connectivity index (χ1) is 29.1. The number of benzene rings is 2. The van der Waals surface area contributed by atoms with Gasteiger partial charge in [-0.05, 0) is 73.2 Å². The van der Waals surface area contributed by atoms with Crippen LogP contribution in [0.1, 0.15) is 68.2 Å². The normalized spacial score (nSPS) is 14.4. The minimum absolute atomic E-state index is 0.0169. The molecular formula is C41H36Cl4F2N8O6. The molecule has 3 aromatic heterocycles. The zero-order chi connectivity index (χ0) is 44.5. The van der Waals surface area contributed by atoms with Gasteiger partial charge >= 0.3 is 12.2 Å². The van der Waals surface area contributed by atoms with Crippen molar-refractivity contribution in [2.45, 2.75) is 37.8 Å². The van der Waals surface area contributed by atoms with Gasteiger partial charge in [-0.15, -0.1) is 12.8 Å². The fourth-order valence-corrected chi connectivity index (χ4v) is 7.70. The summed E-state index contributed by atoms with van der Waals surface area (Å²) in [4.78, 5) is 51.7. The monoisotopic (exact) mass is 914 g/mol. The number of carbonyl (C=O) groups excluding carboxylic acids is 4. The number of ether oxygens (including phenoxy) is 2. The predicted octanol–water partition coefficient (Wildman–Crippen LogP) is 8.24. The van der Waals surface area contributed by atoms with Gasteiger partial charge in [0.1, 0.15) is 39.7 Å². The van der Waals surface area contributed by atoms with Crippen molar-refractivity contribution in [3.8, 4) is 24.7 Å². The molecule has 2 aliphatic rings. The molecule has 0 saturated carbocycles. The Labute approximate surface area is 368 Å². The molecule has 2 unspecified atom stereocenters. The summed E-state index contributed by atoms with van der Waals surface area (Å²) < 4.78 is 40.3. The highest BCUT2D eigenvalue weighted by molar-refractivity contribution is 6.32. The minimum atomic E-state index is -0.650. The number of amides is 3. The molecule has 0 fully saturated rings. The zero-order valence-electron chi connectivity index (χ0n) is 32.3. The Balaban J connectivity index is 0.000000189. The van der Waals surface area contributed by atoms with Crippen LogP contribution in [-0.4, -0.2) is 55.9 Å². The summed E-state index contributed by atoms with van der Waals surface area (Å²) in [5.74, 6) is 2.56. The minimum Gasteiger partial charge on any atom is -0.436 e. The molecular weight excluding hydrogens is 880 g/mol. The molecule has 3 amide bonds. The lowest BCUT2D eigenvalue weighted by molar-refractivity contribution is 0.101. The summed E-state index contributed by atoms with van der Waals surface area (Å²) in [6.07, 6.45) is 15.7. The van der Waals surface area contributed by atoms with Crippen LogP contribution in [0, 0.1) is 36.3 Å². The number of hydrogen-bond acceptors (Lipinski definition) is 8. The van der Waals surface area contributed by atoms with E-state index in [0.29, 0.717) is 57.9 Å². The number of carbonyl (C=O) groups is 4. The van der Waals surface area contributed by atoms with E-state index in [2.05, 4.69) is 37.5 Å². The van der Waals surface area contributed by atoms with Crippen LogP contribution in [0.2, 0.25) is 20.4 Å². The molecule has 3 heterocycles. The first kappa shape index (κ1) is 46.1. The third kappa shape index (κ3) is 10.7. The highest BCUT2D eigenvalue weighted by Crippen LogP contribution is 2.41. The number of nitrogens with one attached hydrogen (secondary N) is 3. The maximum Gasteiger partial charge on any atom is 0.420 e. The van der Waals surface area contributed by atoms with Crippen LogP contribution in [0.4, 0.5) is 29.7 Å². The Bertz CT molecular complexity index is 2560. The number of anilines is 2. The lowest BCUT2D eigenvalue weighted by atomic mass is 10.1. The van der Waals surface area contributed by atoms with Crippen molar-refractivity contribution in [2.75, 3.05) is 23.8 Å². The Morgan fingerprint density at radius 2 is 1.33 bits per heavy atom. The predicted molar refractivity (Wildman–Crippen MR) is 227 cm³/mol. The first-order valence-corrected chi connectivity index (χ1v) is 19.6. The Morgan fingerprint density at radius 1 is 0.820 bits per heavy atom. The molecule has 20 heteroatoms. The maximum atomic E-state index is 13.3. The fraction of sp³-hybridized carbons (Fsp3) is 0.244. The molecule has 0 spiro atoms. The van der Waals surface area contributed by atoms with E-state index in [0.717, 1.165) is 23.1 Å². The molecule has 5 N–H and O–H groups in total. The van der Waals surface area contributed by atoms with Crippen LogP contribution in [-0.2, 0) is 36.4 Å². The number of imidazole rings is 1. The van der Waals surface area contributed by atoms with Gasteiger partial charge in [-0.1, -0.05) is 58.2 Å². The van der Waals surface area contributed by atoms with Crippen molar-refractivity contribution < 1.29 is 37.4 Å². The second-order valence-corrected chi connectivity index (χ2v) is 14.8. The third-order valence-electron chi connectivity index (χ3n) is 9.39. The third-order valence-corrected chi connectivity index (χ3v) is 10.9. The van der Waals surface area contributed by atoms with Crippen molar-refractivity contribution in [1.82, 2.24) is 24.0 Å². The Kier molecular flexibility index (Phi) is 15.5. The fourth-order valence-electron chi connectivity index (χ4n) is 6.67. The number of halogens is 6. The van der Waals surface area contributed by atoms with E-state index in [4.69, 9.17) is 69.7 Å². The number of hydrogen-bond donors (Lipinski definition) is 4. The van der Waals surface area contributed by atoms with Gasteiger partial charge in [-0.3, -0.25) is 9.59 Å². The summed E-state index contributed by atoms with van der Waals surface area (Å²) in [7, 11) is 3.38. The molecule has 14 nitrogen and oxygen atoms in total. The Hall–Kier alpha value is -6.01. The molecule has 0 aliphatic heterocycles. The smallest absolute Gasteiger partial charge is 0.420 e. The number of aromatic nitrogens is 4. The van der Waals surface area contributed by atoms with Gasteiger partial charge in [0.25, 0.3) is 11.8 Å². The molecule has 0 radical (unpaired) electrons. The largest absolute Gasteiger partial charge is 0.436 e. The van der Waals surface area contributed by atoms with Gasteiger partial charge < -0.3 is 40.3 Å². The van der Waals surface area contributed by atoms with Crippen molar-refractivity contribution in [3.63, 3.8) is 0 Å². The van der Waals surface area contributed by atoms with Crippen LogP contribution in [0.3, 0.4) is 0 Å². The summed E-state index contributed by atoms with van der Waals surface area (Å²) in [5, 5.41) is 8.80. The van der Waals surface area contributed by atoms with E-state index in [-0.39, 0.29) is 41.2 Å². The molecule has 2 atom stereocenters. The van der Waals surface area contributed by atoms with Crippen molar-refractivity contribution in [1.29, 1.82) is 0 Å². The van der Waals surface area contributed by atoms with E-state index < -0.39 is 29.7 Å². The average molecular weight is 917 g/mol. The summed E-state index contributed by atoms with van der Waals surface area (Å²) in [6.45, 7) is -0.154. The highest BCUT2D eigenvalue weighted by atomic mass is 35.5. The maximum absolute atomic E-state index is 13.3. The van der Waals surface area contributed by atoms with Gasteiger partial charge in [-0.2, -0.15) is 0 Å². The second kappa shape index (κ2) is 20.5. The van der Waals surface area contributed by atoms with Gasteiger partial charge in [0.2, 0.25) is 0 Å². The van der Waals surface area contributed by atoms with E-state index in [1.165, 1.54) is 59.7 Å². The van der Waals surface area contributed by atoms with Crippen LogP contribution < -0.4 is 21.7 Å². The number of nitrogens with zero attached hydrogens (tertiary/aromatic N) is 4. The van der Waals surface area contributed by atoms with Crippen LogP contribution in [0.5, 0.6) is 0 Å². The molecule has 7 rings (SSSR count). The van der Waals surface area contributed by atoms with Crippen LogP contribution in [0.25, 0.3) is 0 Å². The number of alkyl carbamates (subject to hydrolysis) is 1. The van der Waals surface area contributed by atoms with Crippen molar-refractivity contribution >= 4 is 81.8 Å². The first-order valence-electron chi connectivity index (χ1n) is 18.0.